The molecule has 0 amide bonds. The molecule has 0 saturated heterocycles. The summed E-state index contributed by atoms with van der Waals surface area (Å²) in [7, 11) is 0. The van der Waals surface area contributed by atoms with Gasteiger partial charge in [-0.25, -0.2) is 0 Å². The minimum absolute atomic E-state index is 1.25. The third-order valence-corrected chi connectivity index (χ3v) is 2.50. The molecule has 0 aromatic rings. The molecule has 1 fully saturated rings. The lowest BCUT2D eigenvalue weighted by atomic mass is 10.0. The van der Waals surface area contributed by atoms with Crippen molar-refractivity contribution < 1.29 is 0 Å². The van der Waals surface area contributed by atoms with E-state index < -0.39 is 0 Å². The average Bonchev–Trinajstić information content (AvgIpc) is 2.18. The van der Waals surface area contributed by atoms with Gasteiger partial charge in [0.2, 0.25) is 0 Å². The van der Waals surface area contributed by atoms with Crippen LogP contribution in [0.3, 0.4) is 0 Å². The van der Waals surface area contributed by atoms with Crippen LogP contribution in [0.2, 0.25) is 0 Å². The Balaban J connectivity index is 0. The van der Waals surface area contributed by atoms with E-state index in [2.05, 4.69) is 27.7 Å². The van der Waals surface area contributed by atoms with E-state index in [4.69, 9.17) is 0 Å². The Labute approximate surface area is 98.9 Å². The standard InChI is InChI=1S/C8H16.C4H10.C3H8/c1-2-4-6-8-7-5-3-1;1-3-4-2;1-3-2/h1-8H2;3-4H2,1-2H3;3H2,1-2H3. The number of hydrogen-bond acceptors (Lipinski definition) is 0. The quantitative estimate of drug-likeness (QED) is 0.477. The van der Waals surface area contributed by atoms with Crippen molar-refractivity contribution in [3.63, 3.8) is 0 Å². The lowest BCUT2D eigenvalue weighted by molar-refractivity contribution is 0.504. The summed E-state index contributed by atoms with van der Waals surface area (Å²) in [6, 6.07) is 0. The van der Waals surface area contributed by atoms with E-state index in [1.165, 1.54) is 70.6 Å². The second kappa shape index (κ2) is 19.6. The Hall–Kier alpha value is 0. The molecule has 0 heteroatoms. The van der Waals surface area contributed by atoms with Crippen molar-refractivity contribution in [2.75, 3.05) is 0 Å². The largest absolute Gasteiger partial charge is 0.0656 e. The van der Waals surface area contributed by atoms with Crippen molar-refractivity contribution in [2.24, 2.45) is 0 Å². The highest BCUT2D eigenvalue weighted by molar-refractivity contribution is 4.51. The summed E-state index contributed by atoms with van der Waals surface area (Å²) in [5.74, 6) is 0. The van der Waals surface area contributed by atoms with Gasteiger partial charge in [-0.1, -0.05) is 98.3 Å². The normalized spacial score (nSPS) is 16.0. The van der Waals surface area contributed by atoms with Crippen molar-refractivity contribution >= 4 is 0 Å². The van der Waals surface area contributed by atoms with Crippen molar-refractivity contribution in [3.8, 4) is 0 Å². The van der Waals surface area contributed by atoms with Crippen LogP contribution in [-0.2, 0) is 0 Å². The van der Waals surface area contributed by atoms with Crippen LogP contribution in [-0.4, -0.2) is 0 Å². The minimum atomic E-state index is 1.25. The molecule has 1 saturated carbocycles. The zero-order valence-corrected chi connectivity index (χ0v) is 11.8. The minimum Gasteiger partial charge on any atom is -0.0656 e. The second-order valence-electron chi connectivity index (χ2n) is 4.54. The van der Waals surface area contributed by atoms with Crippen molar-refractivity contribution in [1.82, 2.24) is 0 Å². The second-order valence-corrected chi connectivity index (χ2v) is 4.54. The monoisotopic (exact) mass is 214 g/mol. The highest BCUT2D eigenvalue weighted by atomic mass is 14.0. The van der Waals surface area contributed by atoms with Gasteiger partial charge in [-0.15, -0.1) is 0 Å². The molecule has 0 N–H and O–H groups in total. The Kier molecular flexibility index (Phi) is 22.7. The maximum Gasteiger partial charge on any atom is -0.0533 e. The SMILES string of the molecule is C1CCCCCCC1.CCC.CCCC. The first-order valence-corrected chi connectivity index (χ1v) is 7.33. The van der Waals surface area contributed by atoms with Gasteiger partial charge in [0, 0.05) is 0 Å². The van der Waals surface area contributed by atoms with Gasteiger partial charge >= 0.3 is 0 Å². The van der Waals surface area contributed by atoms with Gasteiger partial charge in [0.15, 0.2) is 0 Å². The molecule has 15 heavy (non-hydrogen) atoms. The molecule has 0 heterocycles. The summed E-state index contributed by atoms with van der Waals surface area (Å²) in [5.41, 5.74) is 0. The first-order valence-electron chi connectivity index (χ1n) is 7.33. The van der Waals surface area contributed by atoms with E-state index >= 15 is 0 Å². The molecule has 0 radical (unpaired) electrons. The van der Waals surface area contributed by atoms with Crippen LogP contribution >= 0.6 is 0 Å². The highest BCUT2D eigenvalue weighted by Gasteiger charge is 1.95. The molecule has 0 aromatic carbocycles. The molecule has 0 atom stereocenters. The molecule has 0 spiro atoms. The molecule has 0 aromatic heterocycles. The van der Waals surface area contributed by atoms with Gasteiger partial charge in [0.1, 0.15) is 0 Å². The number of unbranched alkanes of at least 4 members (excludes halogenated alkanes) is 1. The van der Waals surface area contributed by atoms with Gasteiger partial charge in [-0.2, -0.15) is 0 Å². The number of rotatable bonds is 1. The Bertz CT molecular complexity index is 50.1. The Morgan fingerprint density at radius 1 is 0.467 bits per heavy atom. The summed E-state index contributed by atoms with van der Waals surface area (Å²) in [6.07, 6.45) is 15.9. The van der Waals surface area contributed by atoms with Gasteiger partial charge in [0.25, 0.3) is 0 Å². The first-order chi connectivity index (χ1) is 7.33. The first kappa shape index (κ1) is 17.4. The van der Waals surface area contributed by atoms with Gasteiger partial charge in [-0.05, 0) is 0 Å². The summed E-state index contributed by atoms with van der Waals surface area (Å²) in [6.45, 7) is 8.61. The van der Waals surface area contributed by atoms with Crippen molar-refractivity contribution in [1.29, 1.82) is 0 Å². The van der Waals surface area contributed by atoms with E-state index in [1.807, 2.05) is 0 Å². The summed E-state index contributed by atoms with van der Waals surface area (Å²) >= 11 is 0. The van der Waals surface area contributed by atoms with Gasteiger partial charge in [-0.3, -0.25) is 0 Å². The molecule has 0 aliphatic heterocycles. The Morgan fingerprint density at radius 3 is 0.667 bits per heavy atom. The lowest BCUT2D eigenvalue weighted by Gasteiger charge is -2.05. The fourth-order valence-corrected chi connectivity index (χ4v) is 1.41. The van der Waals surface area contributed by atoms with Gasteiger partial charge < -0.3 is 0 Å². The summed E-state index contributed by atoms with van der Waals surface area (Å²) < 4.78 is 0. The average molecular weight is 214 g/mol. The van der Waals surface area contributed by atoms with Crippen LogP contribution in [0.5, 0.6) is 0 Å². The van der Waals surface area contributed by atoms with E-state index in [-0.39, 0.29) is 0 Å². The van der Waals surface area contributed by atoms with E-state index in [1.54, 1.807) is 0 Å². The smallest absolute Gasteiger partial charge is 0.0533 e. The molecular formula is C15H34. The lowest BCUT2D eigenvalue weighted by Crippen LogP contribution is -1.85. The van der Waals surface area contributed by atoms with Crippen molar-refractivity contribution in [3.05, 3.63) is 0 Å². The van der Waals surface area contributed by atoms with Crippen LogP contribution in [0.4, 0.5) is 0 Å². The molecule has 1 aliphatic carbocycles. The van der Waals surface area contributed by atoms with Crippen LogP contribution in [0.25, 0.3) is 0 Å². The zero-order chi connectivity index (χ0) is 11.8. The molecule has 1 aliphatic rings. The van der Waals surface area contributed by atoms with E-state index in [0.717, 1.165) is 0 Å². The molecule has 1 rings (SSSR count). The van der Waals surface area contributed by atoms with Crippen LogP contribution in [0, 0.1) is 0 Å². The molecule has 0 unspecified atom stereocenters. The highest BCUT2D eigenvalue weighted by Crippen LogP contribution is 2.15. The maximum absolute atomic E-state index is 2.18. The van der Waals surface area contributed by atoms with E-state index in [9.17, 15) is 0 Å². The predicted molar refractivity (Wildman–Crippen MR) is 73.5 cm³/mol. The van der Waals surface area contributed by atoms with Gasteiger partial charge in [0.05, 0.1) is 0 Å². The zero-order valence-electron chi connectivity index (χ0n) is 11.8. The topological polar surface area (TPSA) is 0 Å². The fourth-order valence-electron chi connectivity index (χ4n) is 1.41. The van der Waals surface area contributed by atoms with Crippen LogP contribution in [0.15, 0.2) is 0 Å². The predicted octanol–water partition coefficient (Wildman–Crippen LogP) is 6.34. The van der Waals surface area contributed by atoms with Crippen LogP contribution < -0.4 is 0 Å². The third kappa shape index (κ3) is 24.9. The maximum atomic E-state index is 2.18. The van der Waals surface area contributed by atoms with Crippen molar-refractivity contribution in [2.45, 2.75) is 98.3 Å². The van der Waals surface area contributed by atoms with E-state index in [0.29, 0.717) is 0 Å². The number of hydrogen-bond donors (Lipinski definition) is 0. The molecular weight excluding hydrogens is 180 g/mol. The summed E-state index contributed by atoms with van der Waals surface area (Å²) in [5, 5.41) is 0. The third-order valence-electron chi connectivity index (χ3n) is 2.50. The summed E-state index contributed by atoms with van der Waals surface area (Å²) in [4.78, 5) is 0. The molecule has 0 nitrogen and oxygen atoms in total. The molecule has 0 bridgehead atoms. The Morgan fingerprint density at radius 2 is 0.600 bits per heavy atom. The molecule has 94 valence electrons. The fraction of sp³-hybridized carbons (Fsp3) is 1.00. The van der Waals surface area contributed by atoms with Crippen LogP contribution in [0.1, 0.15) is 98.3 Å².